The molecule has 0 unspecified atom stereocenters. The Labute approximate surface area is 184 Å². The molecule has 0 spiro atoms. The minimum Gasteiger partial charge on any atom is -0.352 e. The van der Waals surface area contributed by atoms with Crippen molar-refractivity contribution in [2.24, 2.45) is 0 Å². The Morgan fingerprint density at radius 1 is 1.09 bits per heavy atom. The normalized spacial score (nSPS) is 12.2. The summed E-state index contributed by atoms with van der Waals surface area (Å²) in [7, 11) is 0. The molecule has 5 aromatic rings. The van der Waals surface area contributed by atoms with Gasteiger partial charge in [0.05, 0.1) is 23.1 Å². The van der Waals surface area contributed by atoms with E-state index in [9.17, 15) is 4.39 Å². The molecule has 4 heterocycles. The number of H-pyrrole nitrogens is 2. The zero-order valence-corrected chi connectivity index (χ0v) is 17.4. The molecule has 0 aliphatic carbocycles. The molecule has 32 heavy (non-hydrogen) atoms. The molecule has 0 fully saturated rings. The molecule has 0 radical (unpaired) electrons. The van der Waals surface area contributed by atoms with Gasteiger partial charge in [-0.1, -0.05) is 43.0 Å². The van der Waals surface area contributed by atoms with Crippen LogP contribution in [0, 0.1) is 5.82 Å². The number of nitrogens with zero attached hydrogens (tertiary/aromatic N) is 3. The lowest BCUT2D eigenvalue weighted by molar-refractivity contribution is 0.628. The van der Waals surface area contributed by atoms with Crippen LogP contribution in [0.1, 0.15) is 12.5 Å². The lowest BCUT2D eigenvalue weighted by atomic mass is 10.0. The van der Waals surface area contributed by atoms with Gasteiger partial charge < -0.3 is 4.98 Å². The van der Waals surface area contributed by atoms with Crippen molar-refractivity contribution in [3.63, 3.8) is 0 Å². The van der Waals surface area contributed by atoms with E-state index in [-0.39, 0.29) is 5.82 Å². The van der Waals surface area contributed by atoms with Crippen LogP contribution in [0.5, 0.6) is 0 Å². The maximum Gasteiger partial charge on any atom is 0.181 e. The number of fused-ring (bicyclic) bond motifs is 2. The van der Waals surface area contributed by atoms with Crippen LogP contribution in [0.15, 0.2) is 85.9 Å². The van der Waals surface area contributed by atoms with E-state index in [0.717, 1.165) is 49.9 Å². The third-order valence-electron chi connectivity index (χ3n) is 5.42. The van der Waals surface area contributed by atoms with Crippen molar-refractivity contribution < 1.29 is 4.39 Å². The summed E-state index contributed by atoms with van der Waals surface area (Å²) in [5.41, 5.74) is 6.84. The lowest BCUT2D eigenvalue weighted by Gasteiger charge is -2.02. The molecular weight excluding hydrogens is 401 g/mol. The van der Waals surface area contributed by atoms with Crippen molar-refractivity contribution in [1.29, 1.82) is 0 Å². The highest BCUT2D eigenvalue weighted by molar-refractivity contribution is 6.00. The van der Waals surface area contributed by atoms with Crippen LogP contribution in [0.25, 0.3) is 50.0 Å². The summed E-state index contributed by atoms with van der Waals surface area (Å²) in [6.07, 6.45) is 13.0. The van der Waals surface area contributed by atoms with Crippen LogP contribution in [0.2, 0.25) is 0 Å². The van der Waals surface area contributed by atoms with Gasteiger partial charge in [0.15, 0.2) is 5.65 Å². The van der Waals surface area contributed by atoms with Gasteiger partial charge >= 0.3 is 0 Å². The zero-order valence-electron chi connectivity index (χ0n) is 17.4. The topological polar surface area (TPSA) is 70.2 Å². The number of aromatic nitrogens is 5. The highest BCUT2D eigenvalue weighted by Gasteiger charge is 2.15. The Balaban J connectivity index is 1.65. The van der Waals surface area contributed by atoms with Crippen LogP contribution < -0.4 is 0 Å². The van der Waals surface area contributed by atoms with Gasteiger partial charge in [0.1, 0.15) is 5.82 Å². The number of pyridine rings is 2. The molecule has 0 amide bonds. The van der Waals surface area contributed by atoms with Gasteiger partial charge in [0.2, 0.25) is 0 Å². The van der Waals surface area contributed by atoms with Crippen molar-refractivity contribution >= 4 is 27.5 Å². The summed E-state index contributed by atoms with van der Waals surface area (Å²) in [5, 5.41) is 9.34. The van der Waals surface area contributed by atoms with Crippen LogP contribution in [0.4, 0.5) is 4.39 Å². The predicted octanol–water partition coefficient (Wildman–Crippen LogP) is 6.45. The van der Waals surface area contributed by atoms with Gasteiger partial charge in [-0.2, -0.15) is 5.10 Å². The first kappa shape index (κ1) is 19.6. The van der Waals surface area contributed by atoms with Crippen LogP contribution in [-0.2, 0) is 0 Å². The van der Waals surface area contributed by atoms with Crippen molar-refractivity contribution in [1.82, 2.24) is 25.1 Å². The Bertz CT molecular complexity index is 1520. The number of nitrogens with one attached hydrogen (secondary N) is 2. The van der Waals surface area contributed by atoms with Gasteiger partial charge in [0, 0.05) is 34.3 Å². The highest BCUT2D eigenvalue weighted by atomic mass is 19.1. The number of hydrogen-bond donors (Lipinski definition) is 2. The molecule has 5 nitrogen and oxygen atoms in total. The zero-order chi connectivity index (χ0) is 22.1. The van der Waals surface area contributed by atoms with E-state index in [0.29, 0.717) is 5.65 Å². The SMILES string of the molecule is C=C/C=C\C(=C/C)c1cnc2n[nH]c(-c3cc4c(-c5cccc(F)c5)cncc4[nH]3)c2c1. The van der Waals surface area contributed by atoms with Gasteiger partial charge in [-0.15, -0.1) is 0 Å². The maximum absolute atomic E-state index is 13.8. The molecule has 0 atom stereocenters. The van der Waals surface area contributed by atoms with Crippen LogP contribution in [0.3, 0.4) is 0 Å². The number of aromatic amines is 2. The summed E-state index contributed by atoms with van der Waals surface area (Å²) < 4.78 is 13.8. The quantitative estimate of drug-likeness (QED) is 0.320. The highest BCUT2D eigenvalue weighted by Crippen LogP contribution is 2.34. The minimum atomic E-state index is -0.279. The second-order valence-electron chi connectivity index (χ2n) is 7.37. The first-order chi connectivity index (χ1) is 15.7. The second-order valence-corrected chi connectivity index (χ2v) is 7.37. The minimum absolute atomic E-state index is 0.279. The van der Waals surface area contributed by atoms with E-state index in [1.165, 1.54) is 12.1 Å². The fourth-order valence-electron chi connectivity index (χ4n) is 3.87. The number of halogens is 1. The van der Waals surface area contributed by atoms with Gasteiger partial charge in [-0.25, -0.2) is 9.37 Å². The molecular formula is C26H20FN5. The average molecular weight is 421 g/mol. The van der Waals surface area contributed by atoms with Crippen molar-refractivity contribution in [2.75, 3.05) is 0 Å². The average Bonchev–Trinajstić information content (AvgIpc) is 3.43. The van der Waals surface area contributed by atoms with E-state index in [1.807, 2.05) is 43.5 Å². The van der Waals surface area contributed by atoms with Crippen molar-refractivity contribution in [2.45, 2.75) is 6.92 Å². The first-order valence-corrected chi connectivity index (χ1v) is 10.2. The largest absolute Gasteiger partial charge is 0.352 e. The van der Waals surface area contributed by atoms with Gasteiger partial charge in [-0.3, -0.25) is 10.1 Å². The summed E-state index contributed by atoms with van der Waals surface area (Å²) in [5.74, 6) is -0.279. The second kappa shape index (κ2) is 8.07. The van der Waals surface area contributed by atoms with Gasteiger partial charge in [-0.05, 0) is 42.3 Å². The molecule has 6 heteroatoms. The number of benzene rings is 1. The number of rotatable bonds is 5. The molecule has 0 saturated carbocycles. The molecule has 1 aromatic carbocycles. The molecule has 2 N–H and O–H groups in total. The van der Waals surface area contributed by atoms with Gasteiger partial charge in [0.25, 0.3) is 0 Å². The monoisotopic (exact) mass is 421 g/mol. The Morgan fingerprint density at radius 2 is 2.00 bits per heavy atom. The lowest BCUT2D eigenvalue weighted by Crippen LogP contribution is -1.85. The molecule has 0 bridgehead atoms. The van der Waals surface area contributed by atoms with Crippen molar-refractivity contribution in [3.05, 3.63) is 97.3 Å². The van der Waals surface area contributed by atoms with E-state index < -0.39 is 0 Å². The maximum atomic E-state index is 13.8. The molecule has 5 rings (SSSR count). The third kappa shape index (κ3) is 3.41. The first-order valence-electron chi connectivity index (χ1n) is 10.2. The van der Waals surface area contributed by atoms with Crippen molar-refractivity contribution in [3.8, 4) is 22.5 Å². The Kier molecular flexibility index (Phi) is 4.95. The summed E-state index contributed by atoms with van der Waals surface area (Å²) in [4.78, 5) is 12.3. The summed E-state index contributed by atoms with van der Waals surface area (Å²) >= 11 is 0. The summed E-state index contributed by atoms with van der Waals surface area (Å²) in [6, 6.07) is 10.6. The van der Waals surface area contributed by atoms with Crippen LogP contribution >= 0.6 is 0 Å². The standard InChI is InChI=1S/C26H20FN5/c1-3-5-7-16(4-2)18-11-21-25(31-32-26(21)29-13-18)23-12-20-22(14-28-15-24(20)30-23)17-8-6-9-19(27)10-17/h3-15,30H,1H2,2H3,(H,29,31,32)/b7-5-,16-4+. The molecule has 156 valence electrons. The Hall–Kier alpha value is -4.32. The number of hydrogen-bond acceptors (Lipinski definition) is 3. The fourth-order valence-corrected chi connectivity index (χ4v) is 3.87. The molecule has 0 saturated heterocycles. The Morgan fingerprint density at radius 3 is 2.81 bits per heavy atom. The third-order valence-corrected chi connectivity index (χ3v) is 5.42. The van der Waals surface area contributed by atoms with E-state index >= 15 is 0 Å². The van der Waals surface area contributed by atoms with E-state index in [2.05, 4.69) is 37.8 Å². The van der Waals surface area contributed by atoms with E-state index in [1.54, 1.807) is 24.5 Å². The molecule has 0 aliphatic heterocycles. The smallest absolute Gasteiger partial charge is 0.181 e. The fraction of sp³-hybridized carbons (Fsp3) is 0.0385. The summed E-state index contributed by atoms with van der Waals surface area (Å²) in [6.45, 7) is 5.72. The number of allylic oxidation sites excluding steroid dienone is 5. The predicted molar refractivity (Wildman–Crippen MR) is 127 cm³/mol. The van der Waals surface area contributed by atoms with E-state index in [4.69, 9.17) is 0 Å². The van der Waals surface area contributed by atoms with Crippen LogP contribution in [-0.4, -0.2) is 25.1 Å². The molecule has 4 aromatic heterocycles. The molecule has 0 aliphatic rings.